The Morgan fingerprint density at radius 1 is 1.12 bits per heavy atom. The Bertz CT molecular complexity index is 715. The summed E-state index contributed by atoms with van der Waals surface area (Å²) in [5.74, 6) is -0.302. The van der Waals surface area contributed by atoms with Crippen molar-refractivity contribution in [2.75, 3.05) is 26.2 Å². The van der Waals surface area contributed by atoms with Crippen molar-refractivity contribution in [3.8, 4) is 5.75 Å². The summed E-state index contributed by atoms with van der Waals surface area (Å²) in [6.45, 7) is 7.20. The normalized spacial score (nSPS) is 17.0. The minimum absolute atomic E-state index is 0.653. The summed E-state index contributed by atoms with van der Waals surface area (Å²) in [5.41, 5.74) is 2.27. The Kier molecular flexibility index (Phi) is 6.20. The van der Waals surface area contributed by atoms with Gasteiger partial charge in [0.15, 0.2) is 6.10 Å². The van der Waals surface area contributed by atoms with E-state index >= 15 is 0 Å². The molecule has 1 aliphatic rings. The Labute approximate surface area is 154 Å². The van der Waals surface area contributed by atoms with Crippen LogP contribution in [0.5, 0.6) is 5.75 Å². The van der Waals surface area contributed by atoms with E-state index in [4.69, 9.17) is 9.84 Å². The van der Waals surface area contributed by atoms with E-state index in [1.54, 1.807) is 13.1 Å². The van der Waals surface area contributed by atoms with Gasteiger partial charge in [-0.2, -0.15) is 0 Å². The van der Waals surface area contributed by atoms with E-state index in [0.717, 1.165) is 44.8 Å². The number of ether oxygens (including phenoxy) is 1. The second kappa shape index (κ2) is 8.78. The van der Waals surface area contributed by atoms with Gasteiger partial charge < -0.3 is 9.84 Å². The highest BCUT2D eigenvalue weighted by Gasteiger charge is 2.20. The van der Waals surface area contributed by atoms with E-state index in [1.807, 2.05) is 36.5 Å². The zero-order valence-corrected chi connectivity index (χ0v) is 15.0. The van der Waals surface area contributed by atoms with Crippen LogP contribution >= 0.6 is 0 Å². The van der Waals surface area contributed by atoms with Crippen molar-refractivity contribution in [1.29, 1.82) is 0 Å². The Morgan fingerprint density at radius 3 is 2.46 bits per heavy atom. The van der Waals surface area contributed by atoms with Crippen molar-refractivity contribution >= 4 is 5.97 Å². The zero-order valence-electron chi connectivity index (χ0n) is 15.0. The standard InChI is InChI=1S/C20H25N3O3/c1-16(20(24)25)26-19-7-3-2-6-18(19)15-23-11-9-22(10-12-23)14-17-5-4-8-21-13-17/h2-8,13,16H,9-12,14-15H2,1H3,(H,24,25)/t16-/m0/s1. The van der Waals surface area contributed by atoms with Crippen LogP contribution < -0.4 is 4.74 Å². The van der Waals surface area contributed by atoms with Gasteiger partial charge in [0, 0.05) is 57.2 Å². The maximum Gasteiger partial charge on any atom is 0.344 e. The molecule has 0 spiro atoms. The van der Waals surface area contributed by atoms with E-state index in [-0.39, 0.29) is 0 Å². The second-order valence-electron chi connectivity index (χ2n) is 6.62. The van der Waals surface area contributed by atoms with Crippen LogP contribution in [-0.4, -0.2) is 58.1 Å². The molecule has 1 atom stereocenters. The number of para-hydroxylation sites is 1. The minimum Gasteiger partial charge on any atom is -0.479 e. The lowest BCUT2D eigenvalue weighted by molar-refractivity contribution is -0.144. The fourth-order valence-electron chi connectivity index (χ4n) is 3.09. The molecule has 2 heterocycles. The van der Waals surface area contributed by atoms with Crippen LogP contribution in [0.1, 0.15) is 18.1 Å². The predicted molar refractivity (Wildman–Crippen MR) is 99.0 cm³/mol. The highest BCUT2D eigenvalue weighted by molar-refractivity contribution is 5.72. The molecule has 3 rings (SSSR count). The highest BCUT2D eigenvalue weighted by atomic mass is 16.5. The van der Waals surface area contributed by atoms with E-state index in [0.29, 0.717) is 5.75 Å². The van der Waals surface area contributed by atoms with Crippen LogP contribution in [0.2, 0.25) is 0 Å². The molecule has 1 aliphatic heterocycles. The minimum atomic E-state index is -0.955. The summed E-state index contributed by atoms with van der Waals surface area (Å²) in [6, 6.07) is 11.8. The average Bonchev–Trinajstić information content (AvgIpc) is 2.65. The number of carboxylic acids is 1. The molecule has 0 amide bonds. The van der Waals surface area contributed by atoms with Crippen molar-refractivity contribution in [2.45, 2.75) is 26.1 Å². The largest absolute Gasteiger partial charge is 0.479 e. The SMILES string of the molecule is C[C@H](Oc1ccccc1CN1CCN(Cc2cccnc2)CC1)C(=O)O. The Hall–Kier alpha value is -2.44. The van der Waals surface area contributed by atoms with Crippen LogP contribution in [-0.2, 0) is 17.9 Å². The van der Waals surface area contributed by atoms with Crippen LogP contribution in [0.3, 0.4) is 0 Å². The number of benzene rings is 1. The first kappa shape index (κ1) is 18.4. The molecule has 1 saturated heterocycles. The molecule has 0 saturated carbocycles. The molecule has 6 nitrogen and oxygen atoms in total. The molecule has 6 heteroatoms. The Morgan fingerprint density at radius 2 is 1.81 bits per heavy atom. The van der Waals surface area contributed by atoms with Gasteiger partial charge in [0.2, 0.25) is 0 Å². The van der Waals surface area contributed by atoms with E-state index in [1.165, 1.54) is 5.56 Å². The quantitative estimate of drug-likeness (QED) is 0.822. The van der Waals surface area contributed by atoms with Crippen LogP contribution in [0.25, 0.3) is 0 Å². The van der Waals surface area contributed by atoms with Gasteiger partial charge in [-0.05, 0) is 24.6 Å². The molecular weight excluding hydrogens is 330 g/mol. The number of aliphatic carboxylic acids is 1. The molecule has 26 heavy (non-hydrogen) atoms. The lowest BCUT2D eigenvalue weighted by atomic mass is 10.1. The van der Waals surface area contributed by atoms with Gasteiger partial charge >= 0.3 is 5.97 Å². The average molecular weight is 355 g/mol. The molecule has 2 aromatic rings. The number of carbonyl (C=O) groups is 1. The first-order valence-electron chi connectivity index (χ1n) is 8.93. The number of hydrogen-bond acceptors (Lipinski definition) is 5. The van der Waals surface area contributed by atoms with Gasteiger partial charge in [0.1, 0.15) is 5.75 Å². The van der Waals surface area contributed by atoms with Gasteiger partial charge in [0.05, 0.1) is 0 Å². The molecule has 0 aliphatic carbocycles. The van der Waals surface area contributed by atoms with Crippen LogP contribution in [0, 0.1) is 0 Å². The molecule has 0 radical (unpaired) electrons. The molecule has 138 valence electrons. The third-order valence-corrected chi connectivity index (χ3v) is 4.61. The van der Waals surface area contributed by atoms with Gasteiger partial charge in [-0.15, -0.1) is 0 Å². The number of rotatable bonds is 7. The second-order valence-corrected chi connectivity index (χ2v) is 6.62. The van der Waals surface area contributed by atoms with Crippen molar-refractivity contribution in [2.24, 2.45) is 0 Å². The smallest absolute Gasteiger partial charge is 0.344 e. The third kappa shape index (κ3) is 5.03. The predicted octanol–water partition coefficient (Wildman–Crippen LogP) is 2.25. The monoisotopic (exact) mass is 355 g/mol. The number of nitrogens with zero attached hydrogens (tertiary/aromatic N) is 3. The van der Waals surface area contributed by atoms with E-state index in [9.17, 15) is 4.79 Å². The van der Waals surface area contributed by atoms with Crippen molar-refractivity contribution in [1.82, 2.24) is 14.8 Å². The summed E-state index contributed by atoms with van der Waals surface area (Å²) >= 11 is 0. The van der Waals surface area contributed by atoms with Crippen molar-refractivity contribution in [3.05, 3.63) is 59.9 Å². The summed E-state index contributed by atoms with van der Waals surface area (Å²) in [7, 11) is 0. The fourth-order valence-corrected chi connectivity index (χ4v) is 3.09. The van der Waals surface area contributed by atoms with E-state index < -0.39 is 12.1 Å². The van der Waals surface area contributed by atoms with Crippen molar-refractivity contribution in [3.63, 3.8) is 0 Å². The maximum absolute atomic E-state index is 11.0. The fraction of sp³-hybridized carbons (Fsp3) is 0.400. The third-order valence-electron chi connectivity index (χ3n) is 4.61. The van der Waals surface area contributed by atoms with Crippen LogP contribution in [0.4, 0.5) is 0 Å². The van der Waals surface area contributed by atoms with Crippen molar-refractivity contribution < 1.29 is 14.6 Å². The maximum atomic E-state index is 11.0. The first-order valence-corrected chi connectivity index (χ1v) is 8.93. The molecule has 0 bridgehead atoms. The summed E-state index contributed by atoms with van der Waals surface area (Å²) < 4.78 is 5.61. The first-order chi connectivity index (χ1) is 12.6. The molecule has 1 N–H and O–H groups in total. The molecule has 0 unspecified atom stereocenters. The zero-order chi connectivity index (χ0) is 18.4. The van der Waals surface area contributed by atoms with Gasteiger partial charge in [0.25, 0.3) is 0 Å². The number of piperazine rings is 1. The lowest BCUT2D eigenvalue weighted by Crippen LogP contribution is -2.45. The molecule has 1 aromatic carbocycles. The van der Waals surface area contributed by atoms with E-state index in [2.05, 4.69) is 20.9 Å². The van der Waals surface area contributed by atoms with Gasteiger partial charge in [-0.1, -0.05) is 24.3 Å². The van der Waals surface area contributed by atoms with Gasteiger partial charge in [-0.3, -0.25) is 14.8 Å². The number of hydrogen-bond donors (Lipinski definition) is 1. The lowest BCUT2D eigenvalue weighted by Gasteiger charge is -2.35. The number of aromatic nitrogens is 1. The van der Waals surface area contributed by atoms with Gasteiger partial charge in [-0.25, -0.2) is 4.79 Å². The number of pyridine rings is 1. The Balaban J connectivity index is 1.54. The molecule has 1 aromatic heterocycles. The topological polar surface area (TPSA) is 65.9 Å². The summed E-state index contributed by atoms with van der Waals surface area (Å²) in [5, 5.41) is 9.06. The summed E-state index contributed by atoms with van der Waals surface area (Å²) in [6.07, 6.45) is 2.86. The van der Waals surface area contributed by atoms with Crippen LogP contribution in [0.15, 0.2) is 48.8 Å². The summed E-state index contributed by atoms with van der Waals surface area (Å²) in [4.78, 5) is 20.0. The molecule has 1 fully saturated rings. The number of carboxylic acid groups (broad SMARTS) is 1. The highest BCUT2D eigenvalue weighted by Crippen LogP contribution is 2.22. The molecular formula is C20H25N3O3.